The minimum atomic E-state index is 0.206. The zero-order valence-corrected chi connectivity index (χ0v) is 18.0. The fourth-order valence-electron chi connectivity index (χ4n) is 3.80. The number of para-hydroxylation sites is 1. The molecule has 0 bridgehead atoms. The van der Waals surface area contributed by atoms with Gasteiger partial charge in [0.1, 0.15) is 17.6 Å². The lowest BCUT2D eigenvalue weighted by Gasteiger charge is -2.06. The zero-order valence-electron chi connectivity index (χ0n) is 18.0. The summed E-state index contributed by atoms with van der Waals surface area (Å²) in [5.41, 5.74) is 5.61. The molecule has 0 saturated carbocycles. The third kappa shape index (κ3) is 4.28. The normalized spacial score (nSPS) is 11.5. The van der Waals surface area contributed by atoms with Crippen molar-refractivity contribution in [2.24, 2.45) is 0 Å². The Morgan fingerprint density at radius 2 is 1.79 bits per heavy atom. The van der Waals surface area contributed by atoms with Crippen LogP contribution in [0.15, 0.2) is 99.9 Å². The minimum Gasteiger partial charge on any atom is -0.472 e. The predicted octanol–water partition coefficient (Wildman–Crippen LogP) is 6.88. The summed E-state index contributed by atoms with van der Waals surface area (Å²) in [6.07, 6.45) is 5.65. The molecule has 1 aliphatic carbocycles. The molecule has 0 spiro atoms. The van der Waals surface area contributed by atoms with Crippen molar-refractivity contribution in [2.75, 3.05) is 0 Å². The summed E-state index contributed by atoms with van der Waals surface area (Å²) in [5.74, 6) is 2.17. The topological polar surface area (TPSA) is 72.2 Å². The summed E-state index contributed by atoms with van der Waals surface area (Å²) >= 11 is 0. The average molecular weight is 432 g/mol. The van der Waals surface area contributed by atoms with Gasteiger partial charge in [-0.05, 0) is 66.1 Å². The van der Waals surface area contributed by atoms with Gasteiger partial charge in [-0.3, -0.25) is 0 Å². The van der Waals surface area contributed by atoms with Crippen molar-refractivity contribution in [3.05, 3.63) is 114 Å². The van der Waals surface area contributed by atoms with E-state index in [0.29, 0.717) is 18.1 Å². The summed E-state index contributed by atoms with van der Waals surface area (Å²) in [6, 6.07) is 25.2. The summed E-state index contributed by atoms with van der Waals surface area (Å²) in [5, 5.41) is 9.72. The van der Waals surface area contributed by atoms with Crippen molar-refractivity contribution in [2.45, 2.75) is 13.3 Å². The number of aromatic nitrogens is 1. The number of hydrogen-bond donors (Lipinski definition) is 0. The molecule has 1 aromatic heterocycles. The van der Waals surface area contributed by atoms with Crippen LogP contribution in [0.4, 0.5) is 0 Å². The van der Waals surface area contributed by atoms with Crippen molar-refractivity contribution in [1.82, 2.24) is 4.98 Å². The van der Waals surface area contributed by atoms with Gasteiger partial charge in [-0.2, -0.15) is 5.26 Å². The zero-order chi connectivity index (χ0) is 22.6. The van der Waals surface area contributed by atoms with E-state index in [0.717, 1.165) is 39.3 Å². The highest BCUT2D eigenvalue weighted by atomic mass is 16.5. The molecule has 0 fully saturated rings. The Kier molecular flexibility index (Phi) is 5.48. The molecule has 5 nitrogen and oxygen atoms in total. The summed E-state index contributed by atoms with van der Waals surface area (Å²) in [6.45, 7) is 1.92. The summed E-state index contributed by atoms with van der Waals surface area (Å²) in [7, 11) is 0. The standard InChI is InChI=1S/C28H20N2O3/c1-19-27(30-28(32-19)20-8-4-2-5-9-20)15-21-14-22-18-31-13-12-25(22)26(21)16-24(17-29)33-23-10-6-3-7-11-23/h2-14,16,18H,15H2,1H3/b24-16-. The SMILES string of the molecule is Cc1oc(-c2ccccc2)nc1Cc1cc2coccc-2c1/C=C(/C#N)Oc1ccccc1. The molecule has 2 aromatic carbocycles. The maximum atomic E-state index is 9.72. The number of benzene rings is 2. The van der Waals surface area contributed by atoms with Crippen molar-refractivity contribution in [1.29, 1.82) is 5.26 Å². The number of fused-ring (bicyclic) bond motifs is 1. The van der Waals surface area contributed by atoms with Crippen molar-refractivity contribution < 1.29 is 13.6 Å². The molecule has 0 unspecified atom stereocenters. The lowest BCUT2D eigenvalue weighted by atomic mass is 10.0. The third-order valence-electron chi connectivity index (χ3n) is 5.41. The van der Waals surface area contributed by atoms with Gasteiger partial charge in [0.15, 0.2) is 0 Å². The van der Waals surface area contributed by atoms with Gasteiger partial charge in [0.05, 0.1) is 18.2 Å². The van der Waals surface area contributed by atoms with Crippen LogP contribution in [-0.4, -0.2) is 4.98 Å². The van der Waals surface area contributed by atoms with Gasteiger partial charge in [0.25, 0.3) is 0 Å². The van der Waals surface area contributed by atoms with Gasteiger partial charge in [0.2, 0.25) is 11.6 Å². The smallest absolute Gasteiger partial charge is 0.226 e. The van der Waals surface area contributed by atoms with Gasteiger partial charge in [-0.25, -0.2) is 4.98 Å². The van der Waals surface area contributed by atoms with E-state index < -0.39 is 0 Å². The van der Waals surface area contributed by atoms with Crippen LogP contribution in [0.1, 0.15) is 22.6 Å². The van der Waals surface area contributed by atoms with E-state index in [4.69, 9.17) is 18.6 Å². The first-order valence-corrected chi connectivity index (χ1v) is 10.6. The molecule has 0 N–H and O–H groups in total. The first-order valence-electron chi connectivity index (χ1n) is 10.6. The number of rotatable bonds is 6. The highest BCUT2D eigenvalue weighted by molar-refractivity contribution is 5.82. The van der Waals surface area contributed by atoms with Crippen molar-refractivity contribution in [3.8, 4) is 34.4 Å². The molecule has 5 heteroatoms. The predicted molar refractivity (Wildman–Crippen MR) is 125 cm³/mol. The first kappa shape index (κ1) is 20.3. The summed E-state index contributed by atoms with van der Waals surface area (Å²) in [4.78, 5) is 4.75. The molecule has 0 atom stereocenters. The van der Waals surface area contributed by atoms with E-state index in [1.165, 1.54) is 0 Å². The maximum Gasteiger partial charge on any atom is 0.226 e. The molecule has 3 aromatic rings. The second-order valence-electron chi connectivity index (χ2n) is 7.61. The Labute approximate surface area is 191 Å². The number of aryl methyl sites for hydroxylation is 1. The molecule has 5 rings (SSSR count). The largest absolute Gasteiger partial charge is 0.472 e. The molecule has 0 saturated heterocycles. The minimum absolute atomic E-state index is 0.206. The Balaban J connectivity index is 1.53. The Morgan fingerprint density at radius 3 is 2.55 bits per heavy atom. The Bertz CT molecular complexity index is 1420. The van der Waals surface area contributed by atoms with E-state index in [1.807, 2.05) is 73.7 Å². The molecule has 2 aliphatic rings. The van der Waals surface area contributed by atoms with Crippen LogP contribution in [-0.2, 0) is 6.42 Å². The number of nitrogens with zero attached hydrogens (tertiary/aromatic N) is 2. The van der Waals surface area contributed by atoms with Gasteiger partial charge >= 0.3 is 0 Å². The van der Waals surface area contributed by atoms with E-state index in [2.05, 4.69) is 12.1 Å². The van der Waals surface area contributed by atoms with E-state index in [-0.39, 0.29) is 5.76 Å². The van der Waals surface area contributed by atoms with Crippen LogP contribution in [0.3, 0.4) is 0 Å². The van der Waals surface area contributed by atoms with Crippen LogP contribution in [0.25, 0.3) is 28.7 Å². The van der Waals surface area contributed by atoms with Crippen LogP contribution in [0.2, 0.25) is 0 Å². The monoisotopic (exact) mass is 432 g/mol. The number of allylic oxidation sites excluding steroid dienone is 1. The fraction of sp³-hybridized carbons (Fsp3) is 0.0714. The van der Waals surface area contributed by atoms with Crippen LogP contribution < -0.4 is 4.74 Å². The van der Waals surface area contributed by atoms with Crippen LogP contribution >= 0.6 is 0 Å². The highest BCUT2D eigenvalue weighted by Gasteiger charge is 2.19. The molecule has 33 heavy (non-hydrogen) atoms. The lowest BCUT2D eigenvalue weighted by Crippen LogP contribution is -1.95. The molecule has 0 radical (unpaired) electrons. The first-order chi connectivity index (χ1) is 16.2. The molecular formula is C28H20N2O3. The van der Waals surface area contributed by atoms with Gasteiger partial charge < -0.3 is 13.6 Å². The average Bonchev–Trinajstić information content (AvgIpc) is 3.40. The molecule has 2 heterocycles. The Morgan fingerprint density at radius 1 is 1.03 bits per heavy atom. The second-order valence-corrected chi connectivity index (χ2v) is 7.61. The number of oxazole rings is 1. The number of ether oxygens (including phenoxy) is 1. The third-order valence-corrected chi connectivity index (χ3v) is 5.41. The van der Waals surface area contributed by atoms with Crippen LogP contribution in [0.5, 0.6) is 5.75 Å². The van der Waals surface area contributed by atoms with Gasteiger partial charge in [0, 0.05) is 17.5 Å². The van der Waals surface area contributed by atoms with E-state index in [1.54, 1.807) is 18.6 Å². The number of nitriles is 1. The highest BCUT2D eigenvalue weighted by Crippen LogP contribution is 2.35. The molecule has 0 amide bonds. The van der Waals surface area contributed by atoms with E-state index in [9.17, 15) is 5.26 Å². The van der Waals surface area contributed by atoms with Crippen LogP contribution in [0, 0.1) is 18.3 Å². The molecule has 160 valence electrons. The summed E-state index contributed by atoms with van der Waals surface area (Å²) < 4.78 is 17.1. The lowest BCUT2D eigenvalue weighted by molar-refractivity contribution is 0.453. The van der Waals surface area contributed by atoms with Crippen molar-refractivity contribution in [3.63, 3.8) is 0 Å². The Hall–Kier alpha value is -4.56. The quantitative estimate of drug-likeness (QED) is 0.216. The van der Waals surface area contributed by atoms with Gasteiger partial charge in [-0.15, -0.1) is 0 Å². The maximum absolute atomic E-state index is 9.72. The van der Waals surface area contributed by atoms with E-state index >= 15 is 0 Å². The van der Waals surface area contributed by atoms with Gasteiger partial charge in [-0.1, -0.05) is 36.4 Å². The molecule has 1 aliphatic heterocycles. The van der Waals surface area contributed by atoms with Crippen molar-refractivity contribution >= 4 is 6.08 Å². The second kappa shape index (κ2) is 8.89. The number of hydrogen-bond acceptors (Lipinski definition) is 5. The molecular weight excluding hydrogens is 412 g/mol. The fourth-order valence-corrected chi connectivity index (χ4v) is 3.80.